The fraction of sp³-hybridized carbons (Fsp3) is 0.143. The van der Waals surface area contributed by atoms with Crippen molar-refractivity contribution in [2.75, 3.05) is 7.11 Å². The van der Waals surface area contributed by atoms with Crippen LogP contribution in [-0.2, 0) is 13.2 Å². The van der Waals surface area contributed by atoms with Gasteiger partial charge in [-0.3, -0.25) is 0 Å². The fourth-order valence-electron chi connectivity index (χ4n) is 2.67. The van der Waals surface area contributed by atoms with Gasteiger partial charge in [-0.2, -0.15) is 4.39 Å². The van der Waals surface area contributed by atoms with Crippen LogP contribution in [0.3, 0.4) is 0 Å². The van der Waals surface area contributed by atoms with Crippen molar-refractivity contribution in [1.29, 1.82) is 0 Å². The van der Waals surface area contributed by atoms with Crippen LogP contribution in [0.25, 0.3) is 11.1 Å². The predicted molar refractivity (Wildman–Crippen MR) is 95.0 cm³/mol. The van der Waals surface area contributed by atoms with Crippen LogP contribution in [0, 0.1) is 23.3 Å². The van der Waals surface area contributed by atoms with E-state index >= 15 is 0 Å². The Morgan fingerprint density at radius 3 is 2.04 bits per heavy atom. The third-order valence-electron chi connectivity index (χ3n) is 4.24. The predicted octanol–water partition coefficient (Wildman–Crippen LogP) is 4.99. The van der Waals surface area contributed by atoms with E-state index in [1.807, 2.05) is 0 Å². The average molecular weight is 392 g/mol. The molecule has 3 aromatic carbocycles. The highest BCUT2D eigenvalue weighted by molar-refractivity contribution is 5.66. The Morgan fingerprint density at radius 1 is 0.750 bits per heavy atom. The van der Waals surface area contributed by atoms with E-state index in [4.69, 9.17) is 14.6 Å². The molecule has 28 heavy (non-hydrogen) atoms. The van der Waals surface area contributed by atoms with Gasteiger partial charge in [0, 0.05) is 16.7 Å². The highest BCUT2D eigenvalue weighted by atomic mass is 19.2. The highest BCUT2D eigenvalue weighted by Crippen LogP contribution is 2.31. The van der Waals surface area contributed by atoms with Crippen molar-refractivity contribution in [3.8, 4) is 22.6 Å². The van der Waals surface area contributed by atoms with E-state index in [9.17, 15) is 17.6 Å². The lowest BCUT2D eigenvalue weighted by Crippen LogP contribution is -2.03. The molecule has 3 aromatic rings. The van der Waals surface area contributed by atoms with Gasteiger partial charge in [-0.1, -0.05) is 24.3 Å². The summed E-state index contributed by atoms with van der Waals surface area (Å²) in [5.41, 5.74) is 0.315. The zero-order chi connectivity index (χ0) is 20.3. The number of methoxy groups -OCH3 is 1. The molecule has 0 fully saturated rings. The van der Waals surface area contributed by atoms with Gasteiger partial charge >= 0.3 is 0 Å². The molecule has 0 amide bonds. The van der Waals surface area contributed by atoms with Crippen molar-refractivity contribution >= 4 is 0 Å². The van der Waals surface area contributed by atoms with Gasteiger partial charge in [0.05, 0.1) is 13.7 Å². The van der Waals surface area contributed by atoms with Crippen molar-refractivity contribution in [2.45, 2.75) is 13.2 Å². The summed E-state index contributed by atoms with van der Waals surface area (Å²) in [7, 11) is 1.25. The maximum absolute atomic E-state index is 14.2. The van der Waals surface area contributed by atoms with E-state index in [-0.39, 0.29) is 29.0 Å². The first-order chi connectivity index (χ1) is 13.5. The summed E-state index contributed by atoms with van der Waals surface area (Å²) >= 11 is 0. The molecule has 0 spiro atoms. The number of hydrogen-bond acceptors (Lipinski definition) is 3. The van der Waals surface area contributed by atoms with Crippen molar-refractivity contribution in [1.82, 2.24) is 0 Å². The van der Waals surface area contributed by atoms with Gasteiger partial charge in [0.1, 0.15) is 12.4 Å². The molecule has 0 aromatic heterocycles. The summed E-state index contributed by atoms with van der Waals surface area (Å²) in [6.45, 7) is -0.840. The summed E-state index contributed by atoms with van der Waals surface area (Å²) in [4.78, 5) is 0. The van der Waals surface area contributed by atoms with Crippen LogP contribution in [0.4, 0.5) is 17.6 Å². The van der Waals surface area contributed by atoms with E-state index < -0.39 is 29.9 Å². The molecule has 0 aliphatic heterocycles. The summed E-state index contributed by atoms with van der Waals surface area (Å²) in [6.07, 6.45) is 0. The van der Waals surface area contributed by atoms with Crippen LogP contribution in [0.5, 0.6) is 11.5 Å². The molecular weight excluding hydrogens is 376 g/mol. The Labute approximate surface area is 158 Å². The Kier molecular flexibility index (Phi) is 5.84. The Morgan fingerprint density at radius 2 is 1.39 bits per heavy atom. The zero-order valence-corrected chi connectivity index (χ0v) is 14.8. The van der Waals surface area contributed by atoms with Gasteiger partial charge < -0.3 is 14.6 Å². The van der Waals surface area contributed by atoms with Gasteiger partial charge in [0.2, 0.25) is 5.82 Å². The van der Waals surface area contributed by atoms with Gasteiger partial charge in [0.15, 0.2) is 23.2 Å². The first-order valence-corrected chi connectivity index (χ1v) is 8.28. The van der Waals surface area contributed by atoms with Gasteiger partial charge in [-0.15, -0.1) is 0 Å². The van der Waals surface area contributed by atoms with E-state index in [0.29, 0.717) is 11.3 Å². The van der Waals surface area contributed by atoms with Crippen LogP contribution in [0.2, 0.25) is 0 Å². The molecule has 0 aliphatic rings. The highest BCUT2D eigenvalue weighted by Gasteiger charge is 2.16. The van der Waals surface area contributed by atoms with Crippen molar-refractivity contribution in [3.63, 3.8) is 0 Å². The second-order valence-corrected chi connectivity index (χ2v) is 5.93. The zero-order valence-electron chi connectivity index (χ0n) is 14.8. The molecule has 146 valence electrons. The molecule has 7 heteroatoms. The molecule has 0 atom stereocenters. The molecule has 0 bridgehead atoms. The third-order valence-corrected chi connectivity index (χ3v) is 4.24. The molecule has 0 heterocycles. The molecule has 0 unspecified atom stereocenters. The summed E-state index contributed by atoms with van der Waals surface area (Å²) in [6, 6.07) is 11.4. The van der Waals surface area contributed by atoms with E-state index in [0.717, 1.165) is 0 Å². The summed E-state index contributed by atoms with van der Waals surface area (Å²) in [5.74, 6) is -4.17. The lowest BCUT2D eigenvalue weighted by molar-refractivity contribution is 0.270. The number of hydrogen-bond donors (Lipinski definition) is 1. The molecular formula is C21H16F4O3. The molecule has 0 radical (unpaired) electrons. The topological polar surface area (TPSA) is 38.7 Å². The van der Waals surface area contributed by atoms with Crippen LogP contribution in [0.15, 0.2) is 48.5 Å². The van der Waals surface area contributed by atoms with Crippen molar-refractivity contribution in [3.05, 3.63) is 82.9 Å². The van der Waals surface area contributed by atoms with Crippen LogP contribution in [0.1, 0.15) is 11.1 Å². The van der Waals surface area contributed by atoms with Gasteiger partial charge in [0.25, 0.3) is 0 Å². The molecule has 3 nitrogen and oxygen atoms in total. The number of benzene rings is 3. The number of rotatable bonds is 6. The van der Waals surface area contributed by atoms with Crippen molar-refractivity contribution < 1.29 is 32.1 Å². The maximum atomic E-state index is 14.2. The number of ether oxygens (including phenoxy) is 2. The smallest absolute Gasteiger partial charge is 0.201 e. The minimum Gasteiger partial charge on any atom is -0.494 e. The lowest BCUT2D eigenvalue weighted by atomic mass is 10.0. The van der Waals surface area contributed by atoms with Crippen LogP contribution in [-0.4, -0.2) is 12.2 Å². The summed E-state index contributed by atoms with van der Waals surface area (Å²) < 4.78 is 65.8. The molecule has 0 saturated heterocycles. The van der Waals surface area contributed by atoms with E-state index in [1.165, 1.54) is 55.6 Å². The summed E-state index contributed by atoms with van der Waals surface area (Å²) in [5, 5.41) is 8.93. The van der Waals surface area contributed by atoms with Crippen LogP contribution >= 0.6 is 0 Å². The average Bonchev–Trinajstić information content (AvgIpc) is 2.72. The monoisotopic (exact) mass is 392 g/mol. The first kappa shape index (κ1) is 19.7. The lowest BCUT2D eigenvalue weighted by Gasteiger charge is -2.11. The Bertz CT molecular complexity index is 988. The number of aliphatic hydroxyl groups is 1. The first-order valence-electron chi connectivity index (χ1n) is 8.28. The quantitative estimate of drug-likeness (QED) is 0.601. The minimum atomic E-state index is -1.11. The van der Waals surface area contributed by atoms with Gasteiger partial charge in [-0.25, -0.2) is 13.2 Å². The second-order valence-electron chi connectivity index (χ2n) is 5.93. The standard InChI is InChI=1S/C21H16F4O3/c1-27-17-9-8-16(20(24)21(17)25)12-4-6-15(7-5-12)28-11-14-3-2-13(10-26)18(22)19(14)23/h2-9,26H,10-11H2,1H3. The van der Waals surface area contributed by atoms with E-state index in [1.54, 1.807) is 0 Å². The normalized spacial score (nSPS) is 10.8. The maximum Gasteiger partial charge on any atom is 0.201 e. The molecule has 0 aliphatic carbocycles. The fourth-order valence-corrected chi connectivity index (χ4v) is 2.67. The van der Waals surface area contributed by atoms with Gasteiger partial charge in [-0.05, 0) is 29.8 Å². The Balaban J connectivity index is 1.76. The number of aliphatic hydroxyl groups excluding tert-OH is 1. The van der Waals surface area contributed by atoms with Crippen molar-refractivity contribution in [2.24, 2.45) is 0 Å². The number of halogens is 4. The largest absolute Gasteiger partial charge is 0.494 e. The minimum absolute atomic E-state index is 0.0120. The van der Waals surface area contributed by atoms with Crippen LogP contribution < -0.4 is 9.47 Å². The Hall–Kier alpha value is -3.06. The molecule has 1 N–H and O–H groups in total. The van der Waals surface area contributed by atoms with E-state index in [2.05, 4.69) is 0 Å². The SMILES string of the molecule is COc1ccc(-c2ccc(OCc3ccc(CO)c(F)c3F)cc2)c(F)c1F. The molecule has 3 rings (SSSR count). The second kappa shape index (κ2) is 8.31. The molecule has 0 saturated carbocycles. The third kappa shape index (κ3) is 3.80.